The first kappa shape index (κ1) is 18.5. The van der Waals surface area contributed by atoms with Gasteiger partial charge in [-0.25, -0.2) is 0 Å². The van der Waals surface area contributed by atoms with Crippen LogP contribution in [0.1, 0.15) is 51.1 Å². The number of fused-ring (bicyclic) bond motifs is 1. The monoisotopic (exact) mass is 369 g/mol. The molecular weight excluding hydrogens is 338 g/mol. The van der Waals surface area contributed by atoms with Crippen LogP contribution in [0, 0.1) is 11.8 Å². The van der Waals surface area contributed by atoms with Crippen molar-refractivity contribution in [3.63, 3.8) is 0 Å². The van der Waals surface area contributed by atoms with Crippen LogP contribution < -0.4 is 5.32 Å². The molecule has 3 fully saturated rings. The maximum Gasteiger partial charge on any atom is 0.219 e. The maximum atomic E-state index is 12.1. The first-order chi connectivity index (χ1) is 13.0. The SMILES string of the molecule is CC(=O)N[C@@]12CN(C(C)=O)CC[C@@H]1[C@@H](c1ccccc1)N(CC1CCC1)C2. The van der Waals surface area contributed by atoms with Crippen molar-refractivity contribution in [2.24, 2.45) is 11.8 Å². The highest BCUT2D eigenvalue weighted by Gasteiger charge is 2.56. The normalized spacial score (nSPS) is 31.3. The smallest absolute Gasteiger partial charge is 0.219 e. The van der Waals surface area contributed by atoms with Crippen LogP contribution in [0.25, 0.3) is 0 Å². The van der Waals surface area contributed by atoms with Crippen molar-refractivity contribution >= 4 is 11.8 Å². The fourth-order valence-electron chi connectivity index (χ4n) is 5.52. The molecule has 2 saturated heterocycles. The summed E-state index contributed by atoms with van der Waals surface area (Å²) >= 11 is 0. The highest BCUT2D eigenvalue weighted by atomic mass is 16.2. The lowest BCUT2D eigenvalue weighted by molar-refractivity contribution is -0.134. The van der Waals surface area contributed by atoms with E-state index in [1.54, 1.807) is 13.8 Å². The van der Waals surface area contributed by atoms with Gasteiger partial charge in [-0.1, -0.05) is 36.8 Å². The van der Waals surface area contributed by atoms with Crippen LogP contribution in [0.4, 0.5) is 0 Å². The van der Waals surface area contributed by atoms with Gasteiger partial charge in [0, 0.05) is 52.0 Å². The average molecular weight is 370 g/mol. The van der Waals surface area contributed by atoms with Gasteiger partial charge in [0.2, 0.25) is 11.8 Å². The Bertz CT molecular complexity index is 703. The predicted octanol–water partition coefficient (Wildman–Crippen LogP) is 2.59. The summed E-state index contributed by atoms with van der Waals surface area (Å²) in [5.41, 5.74) is 0.991. The molecule has 1 aromatic rings. The second-order valence-electron chi connectivity index (χ2n) is 8.75. The Kier molecular flexibility index (Phi) is 4.97. The zero-order chi connectivity index (χ0) is 19.0. The number of nitrogens with zero attached hydrogens (tertiary/aromatic N) is 2. The lowest BCUT2D eigenvalue weighted by Crippen LogP contribution is -2.64. The fourth-order valence-corrected chi connectivity index (χ4v) is 5.52. The molecule has 0 aromatic heterocycles. The summed E-state index contributed by atoms with van der Waals surface area (Å²) in [6.45, 7) is 6.57. The van der Waals surface area contributed by atoms with Gasteiger partial charge in [-0.3, -0.25) is 14.5 Å². The first-order valence-electron chi connectivity index (χ1n) is 10.3. The fraction of sp³-hybridized carbons (Fsp3) is 0.636. The Morgan fingerprint density at radius 1 is 1.11 bits per heavy atom. The number of rotatable bonds is 4. The third-order valence-electron chi connectivity index (χ3n) is 6.88. The Balaban J connectivity index is 1.69. The van der Waals surface area contributed by atoms with E-state index < -0.39 is 0 Å². The molecule has 5 nitrogen and oxygen atoms in total. The Labute approximate surface area is 162 Å². The largest absolute Gasteiger partial charge is 0.347 e. The van der Waals surface area contributed by atoms with Crippen LogP contribution in [0.5, 0.6) is 0 Å². The third kappa shape index (κ3) is 3.49. The lowest BCUT2D eigenvalue weighted by atomic mass is 9.75. The molecule has 1 saturated carbocycles. The van der Waals surface area contributed by atoms with E-state index in [0.29, 0.717) is 18.5 Å². The van der Waals surface area contributed by atoms with Crippen molar-refractivity contribution in [3.8, 4) is 0 Å². The number of amides is 2. The molecule has 0 unspecified atom stereocenters. The summed E-state index contributed by atoms with van der Waals surface area (Å²) in [5.74, 6) is 1.21. The van der Waals surface area contributed by atoms with Crippen LogP contribution in [0.15, 0.2) is 30.3 Å². The number of piperidine rings is 1. The number of hydrogen-bond donors (Lipinski definition) is 1. The standard InChI is InChI=1S/C22H31N3O2/c1-16(26)23-22-14-24(17(2)27)12-11-20(22)21(19-9-4-3-5-10-19)25(15-22)13-18-7-6-8-18/h3-5,9-10,18,20-21H,6-8,11-15H2,1-2H3,(H,23,26)/t20-,21-,22-/m1/s1. The summed E-state index contributed by atoms with van der Waals surface area (Å²) < 4.78 is 0. The van der Waals surface area contributed by atoms with E-state index in [1.807, 2.05) is 4.90 Å². The molecule has 1 N–H and O–H groups in total. The molecule has 2 aliphatic heterocycles. The summed E-state index contributed by atoms with van der Waals surface area (Å²) in [6.07, 6.45) is 4.90. The molecule has 27 heavy (non-hydrogen) atoms. The minimum absolute atomic E-state index is 0.00251. The van der Waals surface area contributed by atoms with Crippen molar-refractivity contribution < 1.29 is 9.59 Å². The minimum Gasteiger partial charge on any atom is -0.347 e. The van der Waals surface area contributed by atoms with Gasteiger partial charge in [0.05, 0.1) is 5.54 Å². The molecule has 2 amide bonds. The highest BCUT2D eigenvalue weighted by Crippen LogP contribution is 2.48. The van der Waals surface area contributed by atoms with Crippen molar-refractivity contribution in [2.75, 3.05) is 26.2 Å². The minimum atomic E-state index is -0.347. The van der Waals surface area contributed by atoms with Gasteiger partial charge in [-0.2, -0.15) is 0 Å². The Hall–Kier alpha value is -1.88. The van der Waals surface area contributed by atoms with Gasteiger partial charge in [0.1, 0.15) is 0 Å². The van der Waals surface area contributed by atoms with Gasteiger partial charge in [-0.05, 0) is 30.7 Å². The van der Waals surface area contributed by atoms with Gasteiger partial charge in [0.15, 0.2) is 0 Å². The summed E-state index contributed by atoms with van der Waals surface area (Å²) in [4.78, 5) is 28.7. The van der Waals surface area contributed by atoms with E-state index in [0.717, 1.165) is 32.0 Å². The Morgan fingerprint density at radius 3 is 2.44 bits per heavy atom. The topological polar surface area (TPSA) is 52.7 Å². The van der Waals surface area contributed by atoms with Gasteiger partial charge >= 0.3 is 0 Å². The zero-order valence-electron chi connectivity index (χ0n) is 16.5. The molecule has 1 aromatic carbocycles. The molecule has 0 radical (unpaired) electrons. The molecule has 3 atom stereocenters. The molecule has 2 heterocycles. The number of benzene rings is 1. The second-order valence-corrected chi connectivity index (χ2v) is 8.75. The van der Waals surface area contributed by atoms with Gasteiger partial charge in [-0.15, -0.1) is 0 Å². The third-order valence-corrected chi connectivity index (χ3v) is 6.88. The van der Waals surface area contributed by atoms with E-state index >= 15 is 0 Å². The number of nitrogens with one attached hydrogen (secondary N) is 1. The summed E-state index contributed by atoms with van der Waals surface area (Å²) in [5, 5.41) is 3.31. The van der Waals surface area contributed by atoms with E-state index in [4.69, 9.17) is 0 Å². The zero-order valence-corrected chi connectivity index (χ0v) is 16.5. The van der Waals surface area contributed by atoms with E-state index in [-0.39, 0.29) is 17.4 Å². The molecule has 3 aliphatic rings. The van der Waals surface area contributed by atoms with Crippen molar-refractivity contribution in [3.05, 3.63) is 35.9 Å². The average Bonchev–Trinajstić information content (AvgIpc) is 2.90. The maximum absolute atomic E-state index is 12.1. The molecule has 5 heteroatoms. The predicted molar refractivity (Wildman–Crippen MR) is 105 cm³/mol. The summed E-state index contributed by atoms with van der Waals surface area (Å²) in [6, 6.07) is 11.0. The van der Waals surface area contributed by atoms with Crippen LogP contribution in [-0.2, 0) is 9.59 Å². The van der Waals surface area contributed by atoms with Crippen LogP contribution in [-0.4, -0.2) is 53.3 Å². The van der Waals surface area contributed by atoms with Crippen molar-refractivity contribution in [1.29, 1.82) is 0 Å². The highest BCUT2D eigenvalue weighted by molar-refractivity contribution is 5.76. The van der Waals surface area contributed by atoms with Gasteiger partial charge in [0.25, 0.3) is 0 Å². The van der Waals surface area contributed by atoms with E-state index in [1.165, 1.54) is 24.8 Å². The summed E-state index contributed by atoms with van der Waals surface area (Å²) in [7, 11) is 0. The first-order valence-corrected chi connectivity index (χ1v) is 10.3. The molecule has 0 bridgehead atoms. The lowest BCUT2D eigenvalue weighted by Gasteiger charge is -2.45. The number of likely N-dealkylation sites (tertiary alicyclic amines) is 2. The van der Waals surface area contributed by atoms with Crippen LogP contribution >= 0.6 is 0 Å². The quantitative estimate of drug-likeness (QED) is 0.888. The van der Waals surface area contributed by atoms with Crippen molar-refractivity contribution in [2.45, 2.75) is 51.1 Å². The number of carbonyl (C=O) groups is 2. The number of carbonyl (C=O) groups excluding carboxylic acids is 2. The number of hydrogen-bond acceptors (Lipinski definition) is 3. The van der Waals surface area contributed by atoms with Crippen molar-refractivity contribution in [1.82, 2.24) is 15.1 Å². The van der Waals surface area contributed by atoms with E-state index in [9.17, 15) is 9.59 Å². The van der Waals surface area contributed by atoms with Crippen LogP contribution in [0.3, 0.4) is 0 Å². The van der Waals surface area contributed by atoms with E-state index in [2.05, 4.69) is 40.5 Å². The molecule has 4 rings (SSSR count). The molecular formula is C22H31N3O2. The molecule has 0 spiro atoms. The van der Waals surface area contributed by atoms with Crippen LogP contribution in [0.2, 0.25) is 0 Å². The second kappa shape index (κ2) is 7.27. The molecule has 1 aliphatic carbocycles. The molecule has 146 valence electrons. The Morgan fingerprint density at radius 2 is 1.85 bits per heavy atom. The van der Waals surface area contributed by atoms with Gasteiger partial charge < -0.3 is 10.2 Å².